The second-order valence-electron chi connectivity index (χ2n) is 30.9. The molecule has 12 heteroatoms. The van der Waals surface area contributed by atoms with Gasteiger partial charge in [-0.2, -0.15) is 0 Å². The normalized spacial score (nSPS) is 11.5. The Morgan fingerprint density at radius 2 is 0.540 bits per heavy atom. The van der Waals surface area contributed by atoms with Crippen LogP contribution < -0.4 is 0 Å². The van der Waals surface area contributed by atoms with Crippen LogP contribution in [0.1, 0.15) is 0 Å². The molecule has 0 fully saturated rings. The van der Waals surface area contributed by atoms with Gasteiger partial charge in [-0.05, 0) is 124 Å². The number of pyridine rings is 2. The summed E-state index contributed by atoms with van der Waals surface area (Å²) >= 11 is 3.69. The van der Waals surface area contributed by atoms with Crippen molar-refractivity contribution in [3.05, 3.63) is 425 Å². The quantitative estimate of drug-likeness (QED) is 0.106. The van der Waals surface area contributed by atoms with Gasteiger partial charge in [0.1, 0.15) is 0 Å². The van der Waals surface area contributed by atoms with Crippen molar-refractivity contribution >= 4 is 107 Å². The standard InChI is InChI=1S/2C56H35N5S/c1-5-17-36(18-6-1)39-23-15-24-40(33-39)41-34-46(56-59-54(37-19-7-2-8-20-37)58-55(60-56)38-21-9-3-10-22-38)52(57-35-41)44-28-16-30-49-50(44)45-31-32-48-51(53(45)62-49)43-27-13-14-29-47(43)61(48)42-25-11-4-12-26-42;1-5-16-36(17-6-1)39-22-15-23-40(32-39)42-34-47(56-59-54(37-18-7-2-8-19-37)58-55(60-56)38-20-9-3-10-21-38)52(57-35-42)41-28-31-50-46(33-41)44-29-30-49-51(53(44)62-50)45-26-13-14-27-48(45)61(49)43-24-11-4-12-25-43/h2*1-35H. The number of para-hydroxylation sites is 4. The fourth-order valence-electron chi connectivity index (χ4n) is 17.6. The van der Waals surface area contributed by atoms with Gasteiger partial charge in [-0.1, -0.05) is 322 Å². The van der Waals surface area contributed by atoms with Crippen molar-refractivity contribution in [2.75, 3.05) is 0 Å². The fraction of sp³-hybridized carbons (Fsp3) is 0. The van der Waals surface area contributed by atoms with Crippen LogP contribution in [0, 0.1) is 0 Å². The van der Waals surface area contributed by atoms with Crippen LogP contribution in [-0.2, 0) is 0 Å². The van der Waals surface area contributed by atoms with Crippen LogP contribution >= 0.6 is 22.7 Å². The molecule has 0 saturated heterocycles. The van der Waals surface area contributed by atoms with Crippen molar-refractivity contribution in [2.45, 2.75) is 0 Å². The third-order valence-corrected chi connectivity index (χ3v) is 25.8. The number of fused-ring (bicyclic) bond motifs is 14. The summed E-state index contributed by atoms with van der Waals surface area (Å²) in [6, 6.07) is 144. The van der Waals surface area contributed by atoms with E-state index in [1.54, 1.807) is 0 Å². The maximum atomic E-state index is 5.40. The van der Waals surface area contributed by atoms with Crippen LogP contribution in [0.15, 0.2) is 425 Å². The molecule has 8 heterocycles. The maximum absolute atomic E-state index is 5.40. The molecule has 8 aromatic heterocycles. The smallest absolute Gasteiger partial charge is 0.166 e. The van der Waals surface area contributed by atoms with E-state index in [0.717, 1.165) is 112 Å². The lowest BCUT2D eigenvalue weighted by Crippen LogP contribution is -2.02. The number of hydrogen-bond donors (Lipinski definition) is 0. The number of rotatable bonds is 14. The van der Waals surface area contributed by atoms with E-state index in [1.807, 2.05) is 169 Å². The van der Waals surface area contributed by atoms with Gasteiger partial charge in [-0.15, -0.1) is 22.7 Å². The second kappa shape index (κ2) is 31.2. The molecule has 0 aliphatic rings. The number of hydrogen-bond acceptors (Lipinski definition) is 10. The van der Waals surface area contributed by atoms with Crippen LogP contribution in [0.3, 0.4) is 0 Å². The molecule has 124 heavy (non-hydrogen) atoms. The molecule has 0 aliphatic carbocycles. The maximum Gasteiger partial charge on any atom is 0.166 e. The molecular weight excluding hydrogens is 1550 g/mol. The van der Waals surface area contributed by atoms with Crippen LogP contribution in [0.25, 0.3) is 231 Å². The highest BCUT2D eigenvalue weighted by molar-refractivity contribution is 7.27. The van der Waals surface area contributed by atoms with Gasteiger partial charge in [0.15, 0.2) is 34.9 Å². The molecule has 0 atom stereocenters. The van der Waals surface area contributed by atoms with Gasteiger partial charge >= 0.3 is 0 Å². The molecule has 0 bridgehead atoms. The summed E-state index contributed by atoms with van der Waals surface area (Å²) in [6.07, 6.45) is 3.98. The Morgan fingerprint density at radius 1 is 0.185 bits per heavy atom. The first-order valence-electron chi connectivity index (χ1n) is 41.4. The lowest BCUT2D eigenvalue weighted by Gasteiger charge is -2.14. The molecule has 0 spiro atoms. The van der Waals surface area contributed by atoms with E-state index < -0.39 is 0 Å². The summed E-state index contributed by atoms with van der Waals surface area (Å²) in [5, 5.41) is 9.80. The van der Waals surface area contributed by atoms with Gasteiger partial charge in [-0.25, -0.2) is 29.9 Å². The highest BCUT2D eigenvalue weighted by Gasteiger charge is 2.27. The minimum Gasteiger partial charge on any atom is -0.309 e. The van der Waals surface area contributed by atoms with Crippen molar-refractivity contribution < 1.29 is 0 Å². The highest BCUT2D eigenvalue weighted by atomic mass is 32.1. The third-order valence-electron chi connectivity index (χ3n) is 23.4. The lowest BCUT2D eigenvalue weighted by molar-refractivity contribution is 1.07. The largest absolute Gasteiger partial charge is 0.309 e. The zero-order valence-corrected chi connectivity index (χ0v) is 68.3. The van der Waals surface area contributed by atoms with Crippen molar-refractivity contribution in [1.82, 2.24) is 49.0 Å². The zero-order chi connectivity index (χ0) is 82.0. The molecule has 24 rings (SSSR count). The van der Waals surface area contributed by atoms with E-state index in [0.29, 0.717) is 34.9 Å². The first kappa shape index (κ1) is 73.1. The predicted octanol–water partition coefficient (Wildman–Crippen LogP) is 29.5. The van der Waals surface area contributed by atoms with Crippen molar-refractivity contribution in [1.29, 1.82) is 0 Å². The fourth-order valence-corrected chi connectivity index (χ4v) is 20.1. The second-order valence-corrected chi connectivity index (χ2v) is 33.0. The summed E-state index contributed by atoms with van der Waals surface area (Å²) < 4.78 is 9.72. The molecule has 24 aromatic rings. The molecule has 0 radical (unpaired) electrons. The Balaban J connectivity index is 0.000000143. The van der Waals surface area contributed by atoms with E-state index in [4.69, 9.17) is 39.9 Å². The predicted molar refractivity (Wildman–Crippen MR) is 515 cm³/mol. The van der Waals surface area contributed by atoms with Gasteiger partial charge < -0.3 is 9.13 Å². The Kier molecular flexibility index (Phi) is 18.4. The van der Waals surface area contributed by atoms with Crippen LogP contribution in [0.2, 0.25) is 0 Å². The van der Waals surface area contributed by atoms with Crippen molar-refractivity contribution in [3.63, 3.8) is 0 Å². The van der Waals surface area contributed by atoms with Crippen LogP contribution in [0.5, 0.6) is 0 Å². The van der Waals surface area contributed by atoms with Gasteiger partial charge in [-0.3, -0.25) is 9.97 Å². The highest BCUT2D eigenvalue weighted by Crippen LogP contribution is 2.50. The van der Waals surface area contributed by atoms with Gasteiger partial charge in [0, 0.05) is 141 Å². The van der Waals surface area contributed by atoms with Gasteiger partial charge in [0.05, 0.1) is 33.5 Å². The van der Waals surface area contributed by atoms with E-state index in [2.05, 4.69) is 288 Å². The van der Waals surface area contributed by atoms with Crippen molar-refractivity contribution in [3.8, 4) is 147 Å². The molecule has 10 nitrogen and oxygen atoms in total. The molecule has 0 aliphatic heterocycles. The van der Waals surface area contributed by atoms with Gasteiger partial charge in [0.2, 0.25) is 0 Å². The first-order chi connectivity index (χ1) is 61.5. The number of thiophene rings is 2. The number of aromatic nitrogens is 10. The molecular formula is C112H70N10S2. The van der Waals surface area contributed by atoms with E-state index >= 15 is 0 Å². The minimum absolute atomic E-state index is 0.561. The Morgan fingerprint density at radius 3 is 1.00 bits per heavy atom. The third kappa shape index (κ3) is 13.2. The summed E-state index contributed by atoms with van der Waals surface area (Å²) in [7, 11) is 0. The SMILES string of the molecule is c1ccc(-c2cccc(-c3cnc(-c4ccc5sc6c(ccc7c6c6ccccc6n7-c6ccccc6)c5c4)c(-c4nc(-c5ccccc5)nc(-c5ccccc5)n4)c3)c2)cc1.c1ccc(-c2cccc(-c3cnc(-c4cccc5sc6c(ccc7c6c6ccccc6n7-c6ccccc6)c45)c(-c4nc(-c5ccccc5)nc(-c5ccccc5)n4)c3)c2)cc1. The number of benzene rings is 16. The molecule has 0 N–H and O–H groups in total. The average Bonchev–Trinajstić information content (AvgIpc) is 1.56. The number of nitrogens with zero attached hydrogens (tertiary/aromatic N) is 10. The summed E-state index contributed by atoms with van der Waals surface area (Å²) in [5.74, 6) is 3.55. The van der Waals surface area contributed by atoms with E-state index in [-0.39, 0.29) is 0 Å². The Bertz CT molecular complexity index is 8090. The van der Waals surface area contributed by atoms with E-state index in [1.165, 1.54) is 84.0 Å². The molecule has 0 saturated carbocycles. The topological polar surface area (TPSA) is 113 Å². The summed E-state index contributed by atoms with van der Waals surface area (Å²) in [5.41, 5.74) is 24.7. The molecule has 16 aromatic carbocycles. The van der Waals surface area contributed by atoms with Crippen LogP contribution in [0.4, 0.5) is 0 Å². The summed E-state index contributed by atoms with van der Waals surface area (Å²) in [6.45, 7) is 0. The first-order valence-corrected chi connectivity index (χ1v) is 43.1. The average molecular weight is 1620 g/mol. The summed E-state index contributed by atoms with van der Waals surface area (Å²) in [4.78, 5) is 41.7. The minimum atomic E-state index is 0.561. The Hall–Kier alpha value is -16.1. The lowest BCUT2D eigenvalue weighted by atomic mass is 9.95. The van der Waals surface area contributed by atoms with Gasteiger partial charge in [0.25, 0.3) is 0 Å². The van der Waals surface area contributed by atoms with E-state index in [9.17, 15) is 0 Å². The molecule has 580 valence electrons. The Labute approximate surface area is 722 Å². The molecule has 0 unspecified atom stereocenters. The van der Waals surface area contributed by atoms with Crippen LogP contribution in [-0.4, -0.2) is 49.0 Å². The monoisotopic (exact) mass is 1620 g/mol. The zero-order valence-electron chi connectivity index (χ0n) is 66.7. The van der Waals surface area contributed by atoms with Crippen molar-refractivity contribution in [2.24, 2.45) is 0 Å². The molecule has 0 amide bonds.